The molecule has 0 unspecified atom stereocenters. The third kappa shape index (κ3) is 3.78. The van der Waals surface area contributed by atoms with Crippen molar-refractivity contribution in [3.05, 3.63) is 16.8 Å². The Hall–Kier alpha value is -1.45. The van der Waals surface area contributed by atoms with E-state index in [1.54, 1.807) is 0 Å². The third-order valence-corrected chi connectivity index (χ3v) is 3.38. The quantitative estimate of drug-likeness (QED) is 0.504. The topological polar surface area (TPSA) is 73.1 Å². The number of alkyl halides is 3. The largest absolute Gasteiger partial charge is 0.411 e. The molecule has 0 aromatic carbocycles. The molecule has 0 aliphatic heterocycles. The Balaban J connectivity index is 2.07. The lowest BCUT2D eigenvalue weighted by atomic mass is 10.3. The molecule has 2 aromatic heterocycles. The van der Waals surface area contributed by atoms with Gasteiger partial charge in [-0.3, -0.25) is 0 Å². The second kappa shape index (κ2) is 5.90. The van der Waals surface area contributed by atoms with Crippen molar-refractivity contribution >= 4 is 27.4 Å². The summed E-state index contributed by atoms with van der Waals surface area (Å²) in [7, 11) is 0. The lowest BCUT2D eigenvalue weighted by Gasteiger charge is -2.08. The number of nitrogens with zero attached hydrogens (tertiary/aromatic N) is 2. The fourth-order valence-corrected chi connectivity index (χ4v) is 2.56. The standard InChI is InChI=1S/C11H13F3N4OS/c1-6-4-7-9(18-15)16-8(17-10(7)20-6)2-3-19-5-11(12,13)14/h4H,2-3,5,15H2,1H3,(H,16,17,18). The molecule has 0 aliphatic rings. The van der Waals surface area contributed by atoms with Gasteiger partial charge in [0.15, 0.2) is 5.82 Å². The van der Waals surface area contributed by atoms with Gasteiger partial charge in [-0.25, -0.2) is 15.8 Å². The van der Waals surface area contributed by atoms with E-state index in [9.17, 15) is 13.2 Å². The van der Waals surface area contributed by atoms with Crippen LogP contribution in [0, 0.1) is 6.92 Å². The molecule has 0 atom stereocenters. The molecular formula is C11H13F3N4OS. The number of ether oxygens (including phenoxy) is 1. The summed E-state index contributed by atoms with van der Waals surface area (Å²) in [5.41, 5.74) is 2.47. The number of fused-ring (bicyclic) bond motifs is 1. The van der Waals surface area contributed by atoms with Gasteiger partial charge in [0.25, 0.3) is 0 Å². The summed E-state index contributed by atoms with van der Waals surface area (Å²) < 4.78 is 40.3. The van der Waals surface area contributed by atoms with Gasteiger partial charge in [0.1, 0.15) is 17.3 Å². The molecule has 0 fully saturated rings. The van der Waals surface area contributed by atoms with Crippen molar-refractivity contribution < 1.29 is 17.9 Å². The number of hydrogen-bond acceptors (Lipinski definition) is 6. The van der Waals surface area contributed by atoms with E-state index in [-0.39, 0.29) is 13.0 Å². The number of aryl methyl sites for hydroxylation is 1. The van der Waals surface area contributed by atoms with Crippen molar-refractivity contribution in [2.45, 2.75) is 19.5 Å². The van der Waals surface area contributed by atoms with Crippen LogP contribution in [0.25, 0.3) is 10.2 Å². The monoisotopic (exact) mass is 306 g/mol. The van der Waals surface area contributed by atoms with Crippen LogP contribution in [-0.2, 0) is 11.2 Å². The van der Waals surface area contributed by atoms with Crippen LogP contribution in [0.3, 0.4) is 0 Å². The first-order chi connectivity index (χ1) is 9.39. The number of nitrogens with one attached hydrogen (secondary N) is 1. The molecule has 0 amide bonds. The lowest BCUT2D eigenvalue weighted by molar-refractivity contribution is -0.173. The predicted octanol–water partition coefficient (Wildman–Crippen LogP) is 2.41. The Labute approximate surface area is 116 Å². The summed E-state index contributed by atoms with van der Waals surface area (Å²) in [4.78, 5) is 10.3. The number of aromatic nitrogens is 2. The van der Waals surface area contributed by atoms with Crippen LogP contribution in [0.5, 0.6) is 0 Å². The van der Waals surface area contributed by atoms with E-state index < -0.39 is 12.8 Å². The SMILES string of the molecule is Cc1cc2c(NN)nc(CCOCC(F)(F)F)nc2s1. The third-order valence-electron chi connectivity index (χ3n) is 2.43. The van der Waals surface area contributed by atoms with Gasteiger partial charge in [-0.05, 0) is 13.0 Å². The Bertz CT molecular complexity index is 599. The van der Waals surface area contributed by atoms with Crippen molar-refractivity contribution in [1.29, 1.82) is 0 Å². The van der Waals surface area contributed by atoms with Crippen molar-refractivity contribution in [3.8, 4) is 0 Å². The highest BCUT2D eigenvalue weighted by Crippen LogP contribution is 2.28. The van der Waals surface area contributed by atoms with E-state index in [4.69, 9.17) is 5.84 Å². The molecule has 110 valence electrons. The number of hydrazine groups is 1. The average Bonchev–Trinajstić information content (AvgIpc) is 2.72. The zero-order chi connectivity index (χ0) is 14.8. The van der Waals surface area contributed by atoms with E-state index in [1.165, 1.54) is 11.3 Å². The van der Waals surface area contributed by atoms with Crippen molar-refractivity contribution in [2.24, 2.45) is 5.84 Å². The Morgan fingerprint density at radius 3 is 2.80 bits per heavy atom. The maximum absolute atomic E-state index is 11.9. The summed E-state index contributed by atoms with van der Waals surface area (Å²) in [6, 6.07) is 1.90. The Morgan fingerprint density at radius 1 is 1.40 bits per heavy atom. The number of hydrogen-bond donors (Lipinski definition) is 2. The van der Waals surface area contributed by atoms with Crippen LogP contribution in [0.1, 0.15) is 10.7 Å². The molecule has 0 saturated heterocycles. The van der Waals surface area contributed by atoms with E-state index in [1.807, 2.05) is 13.0 Å². The normalized spacial score (nSPS) is 12.1. The Kier molecular flexibility index (Phi) is 4.41. The summed E-state index contributed by atoms with van der Waals surface area (Å²) in [6.45, 7) is 0.563. The van der Waals surface area contributed by atoms with Crippen LogP contribution in [0.2, 0.25) is 0 Å². The van der Waals surface area contributed by atoms with Gasteiger partial charge in [-0.1, -0.05) is 0 Å². The number of anilines is 1. The first-order valence-corrected chi connectivity index (χ1v) is 6.59. The minimum absolute atomic E-state index is 0.0978. The zero-order valence-electron chi connectivity index (χ0n) is 10.6. The fourth-order valence-electron chi connectivity index (χ4n) is 1.66. The Morgan fingerprint density at radius 2 is 2.15 bits per heavy atom. The van der Waals surface area contributed by atoms with Gasteiger partial charge in [0, 0.05) is 11.3 Å². The maximum Gasteiger partial charge on any atom is 0.411 e. The van der Waals surface area contributed by atoms with E-state index in [0.29, 0.717) is 11.6 Å². The van der Waals surface area contributed by atoms with Crippen molar-refractivity contribution in [1.82, 2.24) is 9.97 Å². The zero-order valence-corrected chi connectivity index (χ0v) is 11.4. The second-order valence-electron chi connectivity index (χ2n) is 4.13. The number of nitrogen functional groups attached to an aromatic ring is 1. The van der Waals surface area contributed by atoms with Crippen LogP contribution in [-0.4, -0.2) is 29.4 Å². The van der Waals surface area contributed by atoms with Gasteiger partial charge in [0.2, 0.25) is 0 Å². The number of nitrogens with two attached hydrogens (primary N) is 1. The first kappa shape index (κ1) is 14.9. The first-order valence-electron chi connectivity index (χ1n) is 5.77. The molecule has 2 rings (SSSR count). The minimum Gasteiger partial charge on any atom is -0.372 e. The molecule has 2 aromatic rings. The molecule has 20 heavy (non-hydrogen) atoms. The van der Waals surface area contributed by atoms with Crippen molar-refractivity contribution in [3.63, 3.8) is 0 Å². The van der Waals surface area contributed by atoms with Gasteiger partial charge < -0.3 is 10.2 Å². The maximum atomic E-state index is 11.9. The molecule has 0 radical (unpaired) electrons. The van der Waals surface area contributed by atoms with Crippen molar-refractivity contribution in [2.75, 3.05) is 18.6 Å². The molecule has 0 aliphatic carbocycles. The predicted molar refractivity (Wildman–Crippen MR) is 70.5 cm³/mol. The number of thiophene rings is 1. The summed E-state index contributed by atoms with van der Waals surface area (Å²) in [5, 5.41) is 0.801. The molecular weight excluding hydrogens is 293 g/mol. The summed E-state index contributed by atoms with van der Waals surface area (Å²) in [6.07, 6.45) is -4.13. The second-order valence-corrected chi connectivity index (χ2v) is 5.36. The smallest absolute Gasteiger partial charge is 0.372 e. The molecule has 0 spiro atoms. The average molecular weight is 306 g/mol. The highest BCUT2D eigenvalue weighted by atomic mass is 32.1. The molecule has 3 N–H and O–H groups in total. The lowest BCUT2D eigenvalue weighted by Crippen LogP contribution is -2.18. The molecule has 2 heterocycles. The van der Waals surface area contributed by atoms with E-state index in [0.717, 1.165) is 15.1 Å². The number of halogens is 3. The number of rotatable bonds is 5. The van der Waals surface area contributed by atoms with Crippen LogP contribution in [0.15, 0.2) is 6.07 Å². The minimum atomic E-state index is -4.32. The van der Waals surface area contributed by atoms with Gasteiger partial charge >= 0.3 is 6.18 Å². The highest BCUT2D eigenvalue weighted by Gasteiger charge is 2.27. The molecule has 9 heteroatoms. The van der Waals surface area contributed by atoms with Gasteiger partial charge in [-0.2, -0.15) is 13.2 Å². The van der Waals surface area contributed by atoms with Crippen LogP contribution < -0.4 is 11.3 Å². The van der Waals surface area contributed by atoms with Crippen LogP contribution >= 0.6 is 11.3 Å². The van der Waals surface area contributed by atoms with E-state index >= 15 is 0 Å². The molecule has 0 bridgehead atoms. The summed E-state index contributed by atoms with van der Waals surface area (Å²) in [5.74, 6) is 6.25. The van der Waals surface area contributed by atoms with Crippen LogP contribution in [0.4, 0.5) is 19.0 Å². The van der Waals surface area contributed by atoms with E-state index in [2.05, 4.69) is 20.1 Å². The fraction of sp³-hybridized carbons (Fsp3) is 0.455. The molecule has 5 nitrogen and oxygen atoms in total. The summed E-state index contributed by atoms with van der Waals surface area (Å²) >= 11 is 1.47. The van der Waals surface area contributed by atoms with Gasteiger partial charge in [-0.15, -0.1) is 11.3 Å². The highest BCUT2D eigenvalue weighted by molar-refractivity contribution is 7.18. The molecule has 0 saturated carbocycles. The van der Waals surface area contributed by atoms with Gasteiger partial charge in [0.05, 0.1) is 12.0 Å².